The average molecular weight is 231 g/mol. The van der Waals surface area contributed by atoms with E-state index in [1.54, 1.807) is 12.1 Å². The Hall–Kier alpha value is -2.28. The first kappa shape index (κ1) is 12.8. The lowest BCUT2D eigenvalue weighted by Crippen LogP contribution is -2.20. The molecule has 0 spiro atoms. The van der Waals surface area contributed by atoms with Gasteiger partial charge in [-0.05, 0) is 6.07 Å². The van der Waals surface area contributed by atoms with E-state index < -0.39 is 0 Å². The third kappa shape index (κ3) is 3.99. The normalized spacial score (nSPS) is 9.00. The van der Waals surface area contributed by atoms with Crippen LogP contribution in [-0.2, 0) is 4.79 Å². The zero-order valence-electron chi connectivity index (χ0n) is 9.49. The van der Waals surface area contributed by atoms with Crippen molar-refractivity contribution in [1.82, 2.24) is 5.32 Å². The van der Waals surface area contributed by atoms with E-state index in [0.717, 1.165) is 0 Å². The molecule has 4 heteroatoms. The maximum Gasteiger partial charge on any atom is 0.216 e. The van der Waals surface area contributed by atoms with Crippen molar-refractivity contribution in [3.05, 3.63) is 29.3 Å². The van der Waals surface area contributed by atoms with Crippen molar-refractivity contribution in [2.24, 2.45) is 0 Å². The Bertz CT molecular complexity index is 483. The van der Waals surface area contributed by atoms with Crippen LogP contribution in [0.4, 0.5) is 0 Å². The summed E-state index contributed by atoms with van der Waals surface area (Å²) in [6.45, 7) is 1.88. The van der Waals surface area contributed by atoms with Crippen LogP contribution in [0.5, 0.6) is 5.75 Å². The van der Waals surface area contributed by atoms with E-state index in [1.165, 1.54) is 13.0 Å². The van der Waals surface area contributed by atoms with Gasteiger partial charge in [-0.2, -0.15) is 0 Å². The first-order valence-electron chi connectivity index (χ1n) is 5.15. The quantitative estimate of drug-likeness (QED) is 0.465. The van der Waals surface area contributed by atoms with Crippen molar-refractivity contribution >= 4 is 12.2 Å². The minimum atomic E-state index is -0.108. The van der Waals surface area contributed by atoms with Crippen LogP contribution >= 0.6 is 0 Å². The van der Waals surface area contributed by atoms with Crippen LogP contribution in [0.3, 0.4) is 0 Å². The Morgan fingerprint density at radius 1 is 1.53 bits per heavy atom. The molecule has 88 valence electrons. The van der Waals surface area contributed by atoms with Gasteiger partial charge in [0.15, 0.2) is 6.29 Å². The number of rotatable bonds is 3. The van der Waals surface area contributed by atoms with E-state index in [4.69, 9.17) is 0 Å². The highest BCUT2D eigenvalue weighted by Crippen LogP contribution is 2.18. The Morgan fingerprint density at radius 3 is 2.94 bits per heavy atom. The van der Waals surface area contributed by atoms with Gasteiger partial charge in [-0.1, -0.05) is 24.0 Å². The average Bonchev–Trinajstić information content (AvgIpc) is 2.30. The van der Waals surface area contributed by atoms with Gasteiger partial charge < -0.3 is 10.4 Å². The van der Waals surface area contributed by atoms with Crippen LogP contribution < -0.4 is 5.32 Å². The zero-order valence-corrected chi connectivity index (χ0v) is 9.49. The second kappa shape index (κ2) is 6.33. The molecular weight excluding hydrogens is 218 g/mol. The molecule has 0 bridgehead atoms. The molecule has 0 aliphatic heterocycles. The number of aromatic hydroxyl groups is 1. The number of carbonyl (C=O) groups is 2. The molecule has 1 aromatic carbocycles. The summed E-state index contributed by atoms with van der Waals surface area (Å²) in [6, 6.07) is 4.65. The van der Waals surface area contributed by atoms with Gasteiger partial charge >= 0.3 is 0 Å². The van der Waals surface area contributed by atoms with Crippen LogP contribution in [0.2, 0.25) is 0 Å². The number of nitrogens with one attached hydrogen (secondary N) is 1. The Morgan fingerprint density at radius 2 is 2.29 bits per heavy atom. The lowest BCUT2D eigenvalue weighted by molar-refractivity contribution is -0.118. The van der Waals surface area contributed by atoms with Crippen molar-refractivity contribution in [2.75, 3.05) is 6.54 Å². The highest BCUT2D eigenvalue weighted by atomic mass is 16.3. The van der Waals surface area contributed by atoms with E-state index in [0.29, 0.717) is 30.4 Å². The molecule has 0 saturated heterocycles. The summed E-state index contributed by atoms with van der Waals surface area (Å²) >= 11 is 0. The van der Waals surface area contributed by atoms with Crippen molar-refractivity contribution < 1.29 is 14.7 Å². The van der Waals surface area contributed by atoms with Crippen molar-refractivity contribution in [1.29, 1.82) is 0 Å². The number of amides is 1. The van der Waals surface area contributed by atoms with Crippen molar-refractivity contribution in [3.8, 4) is 17.6 Å². The summed E-state index contributed by atoms with van der Waals surface area (Å²) in [7, 11) is 0. The van der Waals surface area contributed by atoms with Gasteiger partial charge in [-0.15, -0.1) is 0 Å². The maximum atomic E-state index is 10.7. The van der Waals surface area contributed by atoms with Gasteiger partial charge in [0.2, 0.25) is 5.91 Å². The third-order valence-corrected chi connectivity index (χ3v) is 2.04. The van der Waals surface area contributed by atoms with Gasteiger partial charge in [-0.3, -0.25) is 9.59 Å². The lowest BCUT2D eigenvalue weighted by atomic mass is 10.1. The number of hydrogen-bond donors (Lipinski definition) is 2. The fourth-order valence-corrected chi connectivity index (χ4v) is 1.24. The molecule has 1 aromatic rings. The van der Waals surface area contributed by atoms with Crippen LogP contribution in [0.25, 0.3) is 0 Å². The molecular formula is C13H13NO3. The number of phenolic OH excluding ortho intramolecular Hbond substituents is 1. The molecule has 0 aliphatic rings. The summed E-state index contributed by atoms with van der Waals surface area (Å²) in [4.78, 5) is 21.3. The minimum absolute atomic E-state index is 0.0124. The second-order valence-electron chi connectivity index (χ2n) is 3.39. The first-order chi connectivity index (χ1) is 8.15. The number of hydrogen-bond acceptors (Lipinski definition) is 3. The first-order valence-corrected chi connectivity index (χ1v) is 5.15. The fourth-order valence-electron chi connectivity index (χ4n) is 1.24. The summed E-state index contributed by atoms with van der Waals surface area (Å²) in [5.41, 5.74) is 0.683. The highest BCUT2D eigenvalue weighted by molar-refractivity contribution is 5.81. The fraction of sp³-hybridized carbons (Fsp3) is 0.231. The van der Waals surface area contributed by atoms with E-state index >= 15 is 0 Å². The Labute approximate surface area is 99.7 Å². The van der Waals surface area contributed by atoms with E-state index in [-0.39, 0.29) is 11.7 Å². The van der Waals surface area contributed by atoms with Gasteiger partial charge in [0, 0.05) is 25.5 Å². The molecule has 0 fully saturated rings. The maximum absolute atomic E-state index is 10.7. The third-order valence-electron chi connectivity index (χ3n) is 2.04. The number of carbonyl (C=O) groups excluding carboxylic acids is 2. The van der Waals surface area contributed by atoms with Gasteiger partial charge in [0.25, 0.3) is 0 Å². The Kier molecular flexibility index (Phi) is 4.77. The van der Waals surface area contributed by atoms with Crippen LogP contribution in [0.1, 0.15) is 29.3 Å². The number of benzene rings is 1. The molecule has 2 N–H and O–H groups in total. The molecule has 0 atom stereocenters. The highest BCUT2D eigenvalue weighted by Gasteiger charge is 2.02. The summed E-state index contributed by atoms with van der Waals surface area (Å²) in [5.74, 6) is 5.39. The van der Waals surface area contributed by atoms with E-state index in [1.807, 2.05) is 0 Å². The molecule has 0 aliphatic carbocycles. The topological polar surface area (TPSA) is 66.4 Å². The summed E-state index contributed by atoms with van der Waals surface area (Å²) in [6.07, 6.45) is 1.11. The Balaban J connectivity index is 2.71. The zero-order chi connectivity index (χ0) is 12.7. The van der Waals surface area contributed by atoms with E-state index in [9.17, 15) is 14.7 Å². The van der Waals surface area contributed by atoms with Gasteiger partial charge in [0.1, 0.15) is 5.75 Å². The summed E-state index contributed by atoms with van der Waals surface area (Å²) < 4.78 is 0. The summed E-state index contributed by atoms with van der Waals surface area (Å²) in [5, 5.41) is 12.1. The second-order valence-corrected chi connectivity index (χ2v) is 3.39. The minimum Gasteiger partial charge on any atom is -0.507 e. The van der Waals surface area contributed by atoms with Crippen molar-refractivity contribution in [3.63, 3.8) is 0 Å². The van der Waals surface area contributed by atoms with Gasteiger partial charge in [0.05, 0.1) is 5.56 Å². The monoisotopic (exact) mass is 231 g/mol. The largest absolute Gasteiger partial charge is 0.507 e. The molecule has 0 heterocycles. The molecule has 17 heavy (non-hydrogen) atoms. The lowest BCUT2D eigenvalue weighted by Gasteiger charge is -1.99. The van der Waals surface area contributed by atoms with Crippen molar-refractivity contribution in [2.45, 2.75) is 13.3 Å². The van der Waals surface area contributed by atoms with E-state index in [2.05, 4.69) is 17.2 Å². The molecule has 4 nitrogen and oxygen atoms in total. The SMILES string of the molecule is CC(=O)NCCC#Cc1c(O)cccc1C=O. The predicted molar refractivity (Wildman–Crippen MR) is 63.7 cm³/mol. The molecule has 0 saturated carbocycles. The van der Waals surface area contributed by atoms with Gasteiger partial charge in [-0.25, -0.2) is 0 Å². The van der Waals surface area contributed by atoms with Crippen LogP contribution in [0, 0.1) is 11.8 Å². The molecule has 0 unspecified atom stereocenters. The molecule has 1 amide bonds. The van der Waals surface area contributed by atoms with Crippen LogP contribution in [-0.4, -0.2) is 23.8 Å². The number of phenols is 1. The molecule has 0 aromatic heterocycles. The molecule has 1 rings (SSSR count). The molecule has 0 radical (unpaired) electrons. The van der Waals surface area contributed by atoms with Crippen LogP contribution in [0.15, 0.2) is 18.2 Å². The standard InChI is InChI=1S/C13H13NO3/c1-10(16)14-8-3-2-6-12-11(9-15)5-4-7-13(12)17/h4-5,7,9,17H,3,8H2,1H3,(H,14,16). The smallest absolute Gasteiger partial charge is 0.216 e. The number of aldehydes is 1. The predicted octanol–water partition coefficient (Wildman–Crippen LogP) is 1.08.